The molecule has 94 valence electrons. The SMILES string of the molecule is CCC.CCCCn1ccc(C(C)(C)C)n1. The number of unbranched alkanes of at least 4 members (excludes halogenated alkanes) is 1. The van der Waals surface area contributed by atoms with Gasteiger partial charge in [0.1, 0.15) is 0 Å². The third-order valence-electron chi connectivity index (χ3n) is 2.15. The fourth-order valence-electron chi connectivity index (χ4n) is 1.21. The van der Waals surface area contributed by atoms with Crippen molar-refractivity contribution in [3.63, 3.8) is 0 Å². The van der Waals surface area contributed by atoms with Crippen LogP contribution in [0.5, 0.6) is 0 Å². The zero-order valence-corrected chi connectivity index (χ0v) is 11.9. The molecule has 2 heteroatoms. The van der Waals surface area contributed by atoms with Crippen molar-refractivity contribution in [2.24, 2.45) is 0 Å². The lowest BCUT2D eigenvalue weighted by molar-refractivity contribution is 0.519. The van der Waals surface area contributed by atoms with E-state index in [1.807, 2.05) is 4.68 Å². The minimum absolute atomic E-state index is 0.178. The lowest BCUT2D eigenvalue weighted by Crippen LogP contribution is -2.13. The monoisotopic (exact) mass is 224 g/mol. The van der Waals surface area contributed by atoms with Crippen molar-refractivity contribution in [2.45, 2.75) is 72.8 Å². The van der Waals surface area contributed by atoms with Crippen LogP contribution >= 0.6 is 0 Å². The molecular formula is C14H28N2. The Labute approximate surface area is 101 Å². The van der Waals surface area contributed by atoms with Crippen molar-refractivity contribution < 1.29 is 0 Å². The normalized spacial score (nSPS) is 10.9. The second-order valence-electron chi connectivity index (χ2n) is 5.27. The van der Waals surface area contributed by atoms with Gasteiger partial charge < -0.3 is 0 Å². The summed E-state index contributed by atoms with van der Waals surface area (Å²) in [6, 6.07) is 2.12. The maximum Gasteiger partial charge on any atom is 0.0677 e. The summed E-state index contributed by atoms with van der Waals surface area (Å²) >= 11 is 0. The smallest absolute Gasteiger partial charge is 0.0677 e. The van der Waals surface area contributed by atoms with Crippen LogP contribution in [0.15, 0.2) is 12.3 Å². The molecule has 0 aromatic carbocycles. The van der Waals surface area contributed by atoms with Gasteiger partial charge >= 0.3 is 0 Å². The number of nitrogens with zero attached hydrogens (tertiary/aromatic N) is 2. The van der Waals surface area contributed by atoms with Crippen LogP contribution in [-0.2, 0) is 12.0 Å². The molecule has 0 spiro atoms. The molecule has 0 bridgehead atoms. The van der Waals surface area contributed by atoms with Crippen molar-refractivity contribution in [1.82, 2.24) is 9.78 Å². The van der Waals surface area contributed by atoms with Gasteiger partial charge in [0.25, 0.3) is 0 Å². The summed E-state index contributed by atoms with van der Waals surface area (Å²) in [5.74, 6) is 0. The van der Waals surface area contributed by atoms with E-state index in [0.29, 0.717) is 0 Å². The van der Waals surface area contributed by atoms with E-state index in [-0.39, 0.29) is 5.41 Å². The predicted molar refractivity (Wildman–Crippen MR) is 71.8 cm³/mol. The molecule has 0 aliphatic carbocycles. The maximum absolute atomic E-state index is 4.54. The van der Waals surface area contributed by atoms with Crippen molar-refractivity contribution in [3.8, 4) is 0 Å². The van der Waals surface area contributed by atoms with Gasteiger partial charge in [0.05, 0.1) is 5.69 Å². The Hall–Kier alpha value is -0.790. The van der Waals surface area contributed by atoms with Gasteiger partial charge in [0, 0.05) is 18.2 Å². The van der Waals surface area contributed by atoms with Gasteiger partial charge in [-0.1, -0.05) is 54.4 Å². The fourth-order valence-corrected chi connectivity index (χ4v) is 1.21. The quantitative estimate of drug-likeness (QED) is 0.744. The molecule has 1 aromatic heterocycles. The highest BCUT2D eigenvalue weighted by molar-refractivity contribution is 5.10. The Kier molecular flexibility index (Phi) is 7.11. The minimum Gasteiger partial charge on any atom is -0.272 e. The lowest BCUT2D eigenvalue weighted by atomic mass is 9.93. The topological polar surface area (TPSA) is 17.8 Å². The first-order valence-corrected chi connectivity index (χ1v) is 6.49. The zero-order valence-electron chi connectivity index (χ0n) is 11.9. The van der Waals surface area contributed by atoms with Crippen LogP contribution in [0.2, 0.25) is 0 Å². The van der Waals surface area contributed by atoms with Gasteiger partial charge in [0.15, 0.2) is 0 Å². The Balaban J connectivity index is 0.000000673. The van der Waals surface area contributed by atoms with Crippen LogP contribution in [0, 0.1) is 0 Å². The summed E-state index contributed by atoms with van der Waals surface area (Å²) in [6.45, 7) is 14.1. The van der Waals surface area contributed by atoms with E-state index in [1.54, 1.807) is 0 Å². The molecule has 0 unspecified atom stereocenters. The largest absolute Gasteiger partial charge is 0.272 e. The summed E-state index contributed by atoms with van der Waals surface area (Å²) in [6.07, 6.45) is 5.77. The number of aromatic nitrogens is 2. The Bertz CT molecular complexity index is 269. The van der Waals surface area contributed by atoms with Crippen LogP contribution in [0.4, 0.5) is 0 Å². The van der Waals surface area contributed by atoms with E-state index in [1.165, 1.54) is 25.0 Å². The summed E-state index contributed by atoms with van der Waals surface area (Å²) in [4.78, 5) is 0. The number of rotatable bonds is 3. The van der Waals surface area contributed by atoms with E-state index >= 15 is 0 Å². The molecule has 16 heavy (non-hydrogen) atoms. The first kappa shape index (κ1) is 15.2. The van der Waals surface area contributed by atoms with Crippen molar-refractivity contribution in [3.05, 3.63) is 18.0 Å². The highest BCUT2D eigenvalue weighted by Gasteiger charge is 2.16. The van der Waals surface area contributed by atoms with Gasteiger partial charge in [-0.3, -0.25) is 4.68 Å². The third kappa shape index (κ3) is 5.94. The van der Waals surface area contributed by atoms with Gasteiger partial charge in [-0.05, 0) is 12.5 Å². The minimum atomic E-state index is 0.178. The molecule has 2 nitrogen and oxygen atoms in total. The number of hydrogen-bond acceptors (Lipinski definition) is 1. The second kappa shape index (κ2) is 7.48. The Morgan fingerprint density at radius 3 is 2.12 bits per heavy atom. The van der Waals surface area contributed by atoms with Gasteiger partial charge in [-0.25, -0.2) is 0 Å². The second-order valence-corrected chi connectivity index (χ2v) is 5.27. The predicted octanol–water partition coefficient (Wildman–Crippen LogP) is 4.40. The molecular weight excluding hydrogens is 196 g/mol. The van der Waals surface area contributed by atoms with Crippen molar-refractivity contribution in [1.29, 1.82) is 0 Å². The van der Waals surface area contributed by atoms with E-state index in [9.17, 15) is 0 Å². The summed E-state index contributed by atoms with van der Waals surface area (Å²) in [7, 11) is 0. The standard InChI is InChI=1S/C11H20N2.C3H8/c1-5-6-8-13-9-7-10(12-13)11(2,3)4;1-3-2/h7,9H,5-6,8H2,1-4H3;3H2,1-2H3. The van der Waals surface area contributed by atoms with Crippen LogP contribution in [-0.4, -0.2) is 9.78 Å². The van der Waals surface area contributed by atoms with E-state index in [2.05, 4.69) is 58.9 Å². The van der Waals surface area contributed by atoms with Crippen molar-refractivity contribution in [2.75, 3.05) is 0 Å². The molecule has 0 aliphatic heterocycles. The third-order valence-corrected chi connectivity index (χ3v) is 2.15. The van der Waals surface area contributed by atoms with E-state index in [0.717, 1.165) is 6.54 Å². The Morgan fingerprint density at radius 2 is 1.75 bits per heavy atom. The molecule has 0 fully saturated rings. The number of aryl methyl sites for hydroxylation is 1. The molecule has 0 aliphatic rings. The van der Waals surface area contributed by atoms with Gasteiger partial charge in [0.2, 0.25) is 0 Å². The lowest BCUT2D eigenvalue weighted by Gasteiger charge is -2.14. The molecule has 0 atom stereocenters. The van der Waals surface area contributed by atoms with Crippen LogP contribution in [0.3, 0.4) is 0 Å². The van der Waals surface area contributed by atoms with Gasteiger partial charge in [-0.2, -0.15) is 5.10 Å². The molecule has 0 saturated carbocycles. The molecule has 0 saturated heterocycles. The molecule has 0 radical (unpaired) electrons. The molecule has 0 N–H and O–H groups in total. The van der Waals surface area contributed by atoms with Crippen LogP contribution < -0.4 is 0 Å². The average molecular weight is 224 g/mol. The highest BCUT2D eigenvalue weighted by atomic mass is 15.3. The number of hydrogen-bond donors (Lipinski definition) is 0. The molecule has 1 rings (SSSR count). The summed E-state index contributed by atoms with van der Waals surface area (Å²) in [5.41, 5.74) is 1.36. The van der Waals surface area contributed by atoms with Crippen molar-refractivity contribution >= 4 is 0 Å². The summed E-state index contributed by atoms with van der Waals surface area (Å²) < 4.78 is 2.05. The van der Waals surface area contributed by atoms with E-state index < -0.39 is 0 Å². The average Bonchev–Trinajstić information content (AvgIpc) is 2.63. The first-order valence-electron chi connectivity index (χ1n) is 6.49. The summed E-state index contributed by atoms with van der Waals surface area (Å²) in [5, 5.41) is 4.54. The Morgan fingerprint density at radius 1 is 1.19 bits per heavy atom. The highest BCUT2D eigenvalue weighted by Crippen LogP contribution is 2.19. The van der Waals surface area contributed by atoms with E-state index in [4.69, 9.17) is 0 Å². The van der Waals surface area contributed by atoms with Gasteiger partial charge in [-0.15, -0.1) is 0 Å². The molecule has 1 heterocycles. The van der Waals surface area contributed by atoms with Crippen LogP contribution in [0.25, 0.3) is 0 Å². The maximum atomic E-state index is 4.54. The first-order chi connectivity index (χ1) is 7.45. The molecule has 0 amide bonds. The van der Waals surface area contributed by atoms with Crippen LogP contribution in [0.1, 0.15) is 66.5 Å². The zero-order chi connectivity index (χ0) is 12.6. The fraction of sp³-hybridized carbons (Fsp3) is 0.786. The molecule has 1 aromatic rings.